The molecule has 2 aliphatic rings. The summed E-state index contributed by atoms with van der Waals surface area (Å²) in [5.74, 6) is -1.59. The highest BCUT2D eigenvalue weighted by atomic mass is 19.4. The lowest BCUT2D eigenvalue weighted by Gasteiger charge is -2.32. The summed E-state index contributed by atoms with van der Waals surface area (Å²) in [6.07, 6.45) is -3.82. The molecule has 2 N–H and O–H groups in total. The molecule has 2 fully saturated rings. The molecule has 4 rings (SSSR count). The molecule has 3 heterocycles. The third kappa shape index (κ3) is 3.40. The molecule has 1 aromatic carbocycles. The van der Waals surface area contributed by atoms with Gasteiger partial charge in [0.25, 0.3) is 5.91 Å². The normalized spacial score (nSPS) is 23.9. The van der Waals surface area contributed by atoms with Crippen LogP contribution in [0.2, 0.25) is 0 Å². The van der Waals surface area contributed by atoms with Crippen LogP contribution in [0.3, 0.4) is 0 Å². The number of para-hydroxylation sites is 1. The third-order valence-corrected chi connectivity index (χ3v) is 5.23. The number of nitrogens with zero attached hydrogens (tertiary/aromatic N) is 3. The highest BCUT2D eigenvalue weighted by molar-refractivity contribution is 5.98. The highest BCUT2D eigenvalue weighted by Crippen LogP contribution is 2.34. The molecule has 0 bridgehead atoms. The van der Waals surface area contributed by atoms with Crippen LogP contribution in [-0.2, 0) is 15.8 Å². The molecule has 30 heavy (non-hydrogen) atoms. The van der Waals surface area contributed by atoms with Crippen LogP contribution >= 0.6 is 0 Å². The minimum Gasteiger partial charge on any atom is -0.347 e. The lowest BCUT2D eigenvalue weighted by atomic mass is 10.1. The van der Waals surface area contributed by atoms with E-state index in [1.807, 2.05) is 0 Å². The van der Waals surface area contributed by atoms with Crippen LogP contribution in [0.5, 0.6) is 0 Å². The van der Waals surface area contributed by atoms with Crippen molar-refractivity contribution in [3.8, 4) is 5.69 Å². The van der Waals surface area contributed by atoms with Crippen LogP contribution in [0.4, 0.5) is 13.2 Å². The third-order valence-electron chi connectivity index (χ3n) is 5.23. The number of carbonyl (C=O) groups is 3. The molecule has 0 saturated carbocycles. The lowest BCUT2D eigenvalue weighted by Crippen LogP contribution is -2.60. The summed E-state index contributed by atoms with van der Waals surface area (Å²) >= 11 is 0. The zero-order chi connectivity index (χ0) is 21.6. The van der Waals surface area contributed by atoms with E-state index in [-0.39, 0.29) is 30.5 Å². The summed E-state index contributed by atoms with van der Waals surface area (Å²) in [6, 6.07) is 5.61. The maximum absolute atomic E-state index is 13.7. The van der Waals surface area contributed by atoms with E-state index >= 15 is 0 Å². The maximum atomic E-state index is 13.7. The first-order chi connectivity index (χ1) is 14.2. The van der Waals surface area contributed by atoms with E-state index in [9.17, 15) is 27.6 Å². The zero-order valence-electron chi connectivity index (χ0n) is 15.8. The number of fused-ring (bicyclic) bond motifs is 1. The first-order valence-electron chi connectivity index (χ1n) is 9.29. The molecule has 3 atom stereocenters. The van der Waals surface area contributed by atoms with Crippen LogP contribution in [0, 0.1) is 0 Å². The van der Waals surface area contributed by atoms with Crippen molar-refractivity contribution in [3.05, 3.63) is 47.8 Å². The van der Waals surface area contributed by atoms with E-state index in [0.717, 1.165) is 6.20 Å². The summed E-state index contributed by atoms with van der Waals surface area (Å²) in [7, 11) is 0. The second kappa shape index (κ2) is 7.15. The van der Waals surface area contributed by atoms with Crippen molar-refractivity contribution in [2.45, 2.75) is 37.6 Å². The van der Waals surface area contributed by atoms with Crippen molar-refractivity contribution in [1.82, 2.24) is 25.3 Å². The van der Waals surface area contributed by atoms with Gasteiger partial charge in [-0.2, -0.15) is 18.3 Å². The zero-order valence-corrected chi connectivity index (χ0v) is 15.8. The number of amides is 3. The predicted octanol–water partition coefficient (Wildman–Crippen LogP) is 1.11. The Morgan fingerprint density at radius 3 is 2.60 bits per heavy atom. The van der Waals surface area contributed by atoms with Crippen molar-refractivity contribution >= 4 is 17.7 Å². The number of rotatable bonds is 3. The SMILES string of the molecule is C[C@H]1NC(=O)[C@@H]2C[C@H](NC(=O)c3cnn(-c4ccccc4)c3C(F)(F)F)CN2C1=O. The maximum Gasteiger partial charge on any atom is 0.434 e. The second-order valence-corrected chi connectivity index (χ2v) is 7.29. The first-order valence-corrected chi connectivity index (χ1v) is 9.29. The molecule has 2 aromatic rings. The smallest absolute Gasteiger partial charge is 0.347 e. The molecule has 0 aliphatic carbocycles. The summed E-state index contributed by atoms with van der Waals surface area (Å²) < 4.78 is 41.9. The van der Waals surface area contributed by atoms with Gasteiger partial charge in [0.15, 0.2) is 5.69 Å². The first kappa shape index (κ1) is 19.9. The number of hydrogen-bond acceptors (Lipinski definition) is 4. The Labute approximate surface area is 169 Å². The van der Waals surface area contributed by atoms with Crippen LogP contribution in [0.1, 0.15) is 29.4 Å². The minimum atomic E-state index is -4.82. The van der Waals surface area contributed by atoms with Gasteiger partial charge in [-0.25, -0.2) is 4.68 Å². The van der Waals surface area contributed by atoms with E-state index in [1.165, 1.54) is 17.0 Å². The lowest BCUT2D eigenvalue weighted by molar-refractivity contribution is -0.146. The fourth-order valence-corrected chi connectivity index (χ4v) is 3.87. The van der Waals surface area contributed by atoms with E-state index < -0.39 is 41.5 Å². The number of benzene rings is 1. The molecule has 0 unspecified atom stereocenters. The van der Waals surface area contributed by atoms with Crippen molar-refractivity contribution in [1.29, 1.82) is 0 Å². The number of alkyl halides is 3. The molecule has 3 amide bonds. The van der Waals surface area contributed by atoms with Crippen LogP contribution in [0.15, 0.2) is 36.5 Å². The van der Waals surface area contributed by atoms with Crippen molar-refractivity contribution in [3.63, 3.8) is 0 Å². The van der Waals surface area contributed by atoms with Gasteiger partial charge >= 0.3 is 6.18 Å². The van der Waals surface area contributed by atoms with Gasteiger partial charge in [0.2, 0.25) is 11.8 Å². The Morgan fingerprint density at radius 1 is 1.23 bits per heavy atom. The Hall–Kier alpha value is -3.37. The number of aromatic nitrogens is 2. The van der Waals surface area contributed by atoms with Gasteiger partial charge in [-0.05, 0) is 25.5 Å². The van der Waals surface area contributed by atoms with Gasteiger partial charge < -0.3 is 15.5 Å². The van der Waals surface area contributed by atoms with Gasteiger partial charge in [0.05, 0.1) is 17.4 Å². The monoisotopic (exact) mass is 421 g/mol. The molecular weight excluding hydrogens is 403 g/mol. The van der Waals surface area contributed by atoms with Crippen LogP contribution < -0.4 is 10.6 Å². The van der Waals surface area contributed by atoms with Crippen molar-refractivity contribution < 1.29 is 27.6 Å². The Morgan fingerprint density at radius 2 is 1.93 bits per heavy atom. The quantitative estimate of drug-likeness (QED) is 0.776. The summed E-state index contributed by atoms with van der Waals surface area (Å²) in [4.78, 5) is 38.4. The van der Waals surface area contributed by atoms with Gasteiger partial charge in [-0.15, -0.1) is 0 Å². The average molecular weight is 421 g/mol. The number of halogens is 3. The number of hydrogen-bond donors (Lipinski definition) is 2. The predicted molar refractivity (Wildman–Crippen MR) is 97.5 cm³/mol. The largest absolute Gasteiger partial charge is 0.434 e. The molecule has 0 spiro atoms. The number of carbonyl (C=O) groups excluding carboxylic acids is 3. The molecular formula is C19H18F3N5O3. The van der Waals surface area contributed by atoms with Crippen LogP contribution in [-0.4, -0.2) is 57.1 Å². The molecule has 8 nitrogen and oxygen atoms in total. The average Bonchev–Trinajstić information content (AvgIpc) is 3.32. The Kier molecular flexibility index (Phi) is 4.75. The number of nitrogens with one attached hydrogen (secondary N) is 2. The fourth-order valence-electron chi connectivity index (χ4n) is 3.87. The standard InChI is InChI=1S/C19H18F3N5O3/c1-10-18(30)26-9-11(7-14(26)17(29)24-10)25-16(28)13-8-23-27(15(13)19(20,21)22)12-5-3-2-4-6-12/h2-6,8,10-11,14H,7,9H2,1H3,(H,24,29)(H,25,28)/t10-,11+,14+/m1/s1. The van der Waals surface area contributed by atoms with Gasteiger partial charge in [0.1, 0.15) is 12.1 Å². The molecule has 2 saturated heterocycles. The van der Waals surface area contributed by atoms with Gasteiger partial charge in [-0.3, -0.25) is 14.4 Å². The van der Waals surface area contributed by atoms with Crippen LogP contribution in [0.25, 0.3) is 5.69 Å². The van der Waals surface area contributed by atoms with Crippen molar-refractivity contribution in [2.24, 2.45) is 0 Å². The Bertz CT molecular complexity index is 1000. The summed E-state index contributed by atoms with van der Waals surface area (Å²) in [5.41, 5.74) is -1.65. The molecule has 158 valence electrons. The fraction of sp³-hybridized carbons (Fsp3) is 0.368. The van der Waals surface area contributed by atoms with Gasteiger partial charge in [0, 0.05) is 12.6 Å². The number of piperazine rings is 1. The van der Waals surface area contributed by atoms with E-state index in [2.05, 4.69) is 15.7 Å². The van der Waals surface area contributed by atoms with E-state index in [4.69, 9.17) is 0 Å². The molecule has 2 aliphatic heterocycles. The molecule has 11 heteroatoms. The molecule has 0 radical (unpaired) electrons. The highest BCUT2D eigenvalue weighted by Gasteiger charge is 2.46. The second-order valence-electron chi connectivity index (χ2n) is 7.29. The molecule has 1 aromatic heterocycles. The van der Waals surface area contributed by atoms with Gasteiger partial charge in [-0.1, -0.05) is 18.2 Å². The topological polar surface area (TPSA) is 96.3 Å². The van der Waals surface area contributed by atoms with E-state index in [1.54, 1.807) is 25.1 Å². The summed E-state index contributed by atoms with van der Waals surface area (Å²) in [5, 5.41) is 8.83. The van der Waals surface area contributed by atoms with E-state index in [0.29, 0.717) is 4.68 Å². The Balaban J connectivity index is 1.58. The minimum absolute atomic E-state index is 0.0567. The summed E-state index contributed by atoms with van der Waals surface area (Å²) in [6.45, 7) is 1.61. The van der Waals surface area contributed by atoms with Crippen molar-refractivity contribution in [2.75, 3.05) is 6.54 Å².